The van der Waals surface area contributed by atoms with E-state index in [1.165, 1.54) is 16.7 Å². The Balaban J connectivity index is 1.33. The van der Waals surface area contributed by atoms with Crippen LogP contribution in [0, 0.1) is 0 Å². The molecule has 0 saturated carbocycles. The molecule has 160 valence electrons. The first kappa shape index (κ1) is 21.0. The standard InChI is InChI=1S/C23H22N2O5S/c1-29-17-9-7-16(8-10-17)14-30-23(28)18-11-12-31-22-20(21(27)25(18)22)24-19(26)13-15-5-3-2-4-6-15/h2-11,20,22H,12-14H2,1H3,(H,24,26)/t20?,22-/m0/s1. The molecule has 0 spiro atoms. The van der Waals surface area contributed by atoms with Gasteiger partial charge < -0.3 is 14.8 Å². The van der Waals surface area contributed by atoms with Crippen LogP contribution >= 0.6 is 11.8 Å². The summed E-state index contributed by atoms with van der Waals surface area (Å²) in [6.45, 7) is 0.0945. The van der Waals surface area contributed by atoms with Crippen molar-refractivity contribution in [3.8, 4) is 5.75 Å². The summed E-state index contributed by atoms with van der Waals surface area (Å²) in [6.07, 6.45) is 1.89. The van der Waals surface area contributed by atoms with E-state index >= 15 is 0 Å². The highest BCUT2D eigenvalue weighted by atomic mass is 32.2. The summed E-state index contributed by atoms with van der Waals surface area (Å²) in [6, 6.07) is 15.9. The number of thioether (sulfide) groups is 1. The Hall–Kier alpha value is -3.26. The molecule has 0 radical (unpaired) electrons. The maximum Gasteiger partial charge on any atom is 0.355 e. The molecule has 31 heavy (non-hydrogen) atoms. The molecule has 2 aromatic rings. The highest BCUT2D eigenvalue weighted by Gasteiger charge is 2.52. The van der Waals surface area contributed by atoms with E-state index in [0.29, 0.717) is 5.75 Å². The summed E-state index contributed by atoms with van der Waals surface area (Å²) in [5, 5.41) is 2.49. The zero-order valence-corrected chi connectivity index (χ0v) is 17.8. The summed E-state index contributed by atoms with van der Waals surface area (Å²) in [7, 11) is 1.58. The van der Waals surface area contributed by atoms with E-state index in [2.05, 4.69) is 5.32 Å². The zero-order valence-electron chi connectivity index (χ0n) is 16.9. The van der Waals surface area contributed by atoms with Gasteiger partial charge in [-0.25, -0.2) is 4.79 Å². The van der Waals surface area contributed by atoms with Gasteiger partial charge in [0, 0.05) is 5.75 Å². The number of β-lactam (4-membered cyclic amide) rings is 1. The summed E-state index contributed by atoms with van der Waals surface area (Å²) in [5.74, 6) is 0.209. The normalized spacial score (nSPS) is 19.6. The minimum Gasteiger partial charge on any atom is -0.497 e. The molecular weight excluding hydrogens is 416 g/mol. The molecular formula is C23H22N2O5S. The summed E-state index contributed by atoms with van der Waals surface area (Å²) < 4.78 is 10.5. The monoisotopic (exact) mass is 438 g/mol. The Labute approximate surface area is 184 Å². The Morgan fingerprint density at radius 2 is 1.84 bits per heavy atom. The zero-order chi connectivity index (χ0) is 21.8. The van der Waals surface area contributed by atoms with Gasteiger partial charge in [-0.1, -0.05) is 42.5 Å². The van der Waals surface area contributed by atoms with Gasteiger partial charge in [-0.05, 0) is 29.3 Å². The molecule has 2 heterocycles. The Morgan fingerprint density at radius 1 is 1.10 bits per heavy atom. The van der Waals surface area contributed by atoms with Crippen molar-refractivity contribution in [1.82, 2.24) is 10.2 Å². The molecule has 1 saturated heterocycles. The van der Waals surface area contributed by atoms with Crippen LogP contribution in [0.4, 0.5) is 0 Å². The smallest absolute Gasteiger partial charge is 0.355 e. The number of amides is 2. The second kappa shape index (κ2) is 9.26. The largest absolute Gasteiger partial charge is 0.497 e. The van der Waals surface area contributed by atoms with Crippen LogP contribution in [0.15, 0.2) is 66.4 Å². The minimum atomic E-state index is -0.640. The number of hydrogen-bond donors (Lipinski definition) is 1. The molecule has 0 aliphatic carbocycles. The van der Waals surface area contributed by atoms with Gasteiger partial charge in [0.2, 0.25) is 5.91 Å². The van der Waals surface area contributed by atoms with Crippen LogP contribution in [0.3, 0.4) is 0 Å². The lowest BCUT2D eigenvalue weighted by atomic mass is 10.0. The molecule has 0 bridgehead atoms. The summed E-state index contributed by atoms with van der Waals surface area (Å²) in [4.78, 5) is 39.0. The predicted octanol–water partition coefficient (Wildman–Crippen LogP) is 2.26. The van der Waals surface area contributed by atoms with E-state index in [1.807, 2.05) is 42.5 Å². The van der Waals surface area contributed by atoms with E-state index < -0.39 is 12.0 Å². The van der Waals surface area contributed by atoms with Gasteiger partial charge in [0.25, 0.3) is 5.91 Å². The maximum absolute atomic E-state index is 12.7. The number of hydrogen-bond acceptors (Lipinski definition) is 6. The molecule has 4 rings (SSSR count). The van der Waals surface area contributed by atoms with E-state index in [4.69, 9.17) is 9.47 Å². The Morgan fingerprint density at radius 3 is 2.55 bits per heavy atom. The number of rotatable bonds is 7. The molecule has 2 aromatic carbocycles. The van der Waals surface area contributed by atoms with Crippen LogP contribution in [0.2, 0.25) is 0 Å². The van der Waals surface area contributed by atoms with Crippen LogP contribution in [0.5, 0.6) is 5.75 Å². The number of fused-ring (bicyclic) bond motifs is 1. The Bertz CT molecular complexity index is 1010. The predicted molar refractivity (Wildman–Crippen MR) is 116 cm³/mol. The fraction of sp³-hybridized carbons (Fsp3) is 0.261. The topological polar surface area (TPSA) is 84.9 Å². The number of benzene rings is 2. The highest BCUT2D eigenvalue weighted by Crippen LogP contribution is 2.37. The second-order valence-electron chi connectivity index (χ2n) is 7.15. The van der Waals surface area contributed by atoms with Gasteiger partial charge in [-0.15, -0.1) is 11.8 Å². The first-order chi connectivity index (χ1) is 15.1. The van der Waals surface area contributed by atoms with Crippen molar-refractivity contribution in [2.45, 2.75) is 24.4 Å². The number of nitrogens with one attached hydrogen (secondary N) is 1. The van der Waals surface area contributed by atoms with Gasteiger partial charge in [0.05, 0.1) is 13.5 Å². The van der Waals surface area contributed by atoms with Crippen LogP contribution in [0.1, 0.15) is 11.1 Å². The van der Waals surface area contributed by atoms with E-state index in [1.54, 1.807) is 25.3 Å². The maximum atomic E-state index is 12.7. The lowest BCUT2D eigenvalue weighted by Crippen LogP contribution is -2.70. The first-order valence-corrected chi connectivity index (χ1v) is 10.9. The number of carbonyl (C=O) groups is 3. The van der Waals surface area contributed by atoms with Gasteiger partial charge in [0.1, 0.15) is 29.5 Å². The van der Waals surface area contributed by atoms with E-state index in [0.717, 1.165) is 16.9 Å². The van der Waals surface area contributed by atoms with E-state index in [-0.39, 0.29) is 35.9 Å². The Kier molecular flexibility index (Phi) is 6.27. The van der Waals surface area contributed by atoms with Crippen molar-refractivity contribution < 1.29 is 23.9 Å². The van der Waals surface area contributed by atoms with Gasteiger partial charge in [-0.2, -0.15) is 0 Å². The molecule has 1 N–H and O–H groups in total. The second-order valence-corrected chi connectivity index (χ2v) is 8.30. The molecule has 2 atom stereocenters. The van der Waals surface area contributed by atoms with Gasteiger partial charge in [0.15, 0.2) is 0 Å². The third-order valence-electron chi connectivity index (χ3n) is 5.11. The number of nitrogens with zero attached hydrogens (tertiary/aromatic N) is 1. The SMILES string of the molecule is COc1ccc(COC(=O)C2=CCS[C@H]3C(NC(=O)Cc4ccccc4)C(=O)N23)cc1. The van der Waals surface area contributed by atoms with Crippen LogP contribution in [-0.4, -0.2) is 47.0 Å². The third kappa shape index (κ3) is 4.59. The first-order valence-electron chi connectivity index (χ1n) is 9.85. The van der Waals surface area contributed by atoms with Crippen LogP contribution in [-0.2, 0) is 32.1 Å². The van der Waals surface area contributed by atoms with Crippen molar-refractivity contribution in [2.24, 2.45) is 0 Å². The highest BCUT2D eigenvalue weighted by molar-refractivity contribution is 8.00. The lowest BCUT2D eigenvalue weighted by molar-refractivity contribution is -0.153. The van der Waals surface area contributed by atoms with Crippen molar-refractivity contribution in [3.63, 3.8) is 0 Å². The molecule has 2 amide bonds. The van der Waals surface area contributed by atoms with Crippen molar-refractivity contribution >= 4 is 29.5 Å². The number of ether oxygens (including phenoxy) is 2. The third-order valence-corrected chi connectivity index (χ3v) is 6.29. The lowest BCUT2D eigenvalue weighted by Gasteiger charge is -2.48. The van der Waals surface area contributed by atoms with Gasteiger partial charge >= 0.3 is 5.97 Å². The van der Waals surface area contributed by atoms with Crippen molar-refractivity contribution in [3.05, 3.63) is 77.5 Å². The molecule has 2 aliphatic heterocycles. The van der Waals surface area contributed by atoms with Crippen LogP contribution < -0.4 is 10.1 Å². The number of esters is 1. The van der Waals surface area contributed by atoms with E-state index in [9.17, 15) is 14.4 Å². The van der Waals surface area contributed by atoms with Crippen molar-refractivity contribution in [2.75, 3.05) is 12.9 Å². The minimum absolute atomic E-state index is 0.0945. The average Bonchev–Trinajstić information content (AvgIpc) is 2.81. The number of carbonyl (C=O) groups excluding carboxylic acids is 3. The summed E-state index contributed by atoms with van der Waals surface area (Å²) >= 11 is 1.51. The molecule has 7 nitrogen and oxygen atoms in total. The summed E-state index contributed by atoms with van der Waals surface area (Å²) in [5.41, 5.74) is 1.93. The average molecular weight is 439 g/mol. The fourth-order valence-electron chi connectivity index (χ4n) is 3.48. The molecule has 8 heteroatoms. The van der Waals surface area contributed by atoms with Crippen molar-refractivity contribution in [1.29, 1.82) is 0 Å². The molecule has 0 aromatic heterocycles. The molecule has 1 unspecified atom stereocenters. The van der Waals surface area contributed by atoms with Crippen LogP contribution in [0.25, 0.3) is 0 Å². The van der Waals surface area contributed by atoms with Gasteiger partial charge in [-0.3, -0.25) is 14.5 Å². The quantitative estimate of drug-likeness (QED) is 0.527. The molecule has 1 fully saturated rings. The molecule has 2 aliphatic rings. The fourth-order valence-corrected chi connectivity index (χ4v) is 4.67. The number of methoxy groups -OCH3 is 1.